The second-order valence-electron chi connectivity index (χ2n) is 2.49. The van der Waals surface area contributed by atoms with Crippen molar-refractivity contribution >= 4 is 15.9 Å². The predicted octanol–water partition coefficient (Wildman–Crippen LogP) is 1.84. The van der Waals surface area contributed by atoms with Crippen molar-refractivity contribution in [1.29, 1.82) is 0 Å². The highest BCUT2D eigenvalue weighted by Crippen LogP contribution is 2.44. The Morgan fingerprint density at radius 2 is 2.00 bits per heavy atom. The van der Waals surface area contributed by atoms with E-state index in [1.165, 1.54) is 12.5 Å². The molecule has 4 nitrogen and oxygen atoms in total. The number of ether oxygens (including phenoxy) is 2. The molecule has 0 radical (unpaired) electrons. The molecule has 14 heavy (non-hydrogen) atoms. The Morgan fingerprint density at radius 1 is 1.43 bits per heavy atom. The van der Waals surface area contributed by atoms with Crippen molar-refractivity contribution in [3.05, 3.63) is 18.2 Å². The Hall–Kier alpha value is -0.530. The molecule has 1 N–H and O–H groups in total. The average Bonchev–Trinajstić information content (AvgIpc) is 2.58. The number of aromatic amines is 1. The van der Waals surface area contributed by atoms with Crippen molar-refractivity contribution in [2.24, 2.45) is 0 Å². The van der Waals surface area contributed by atoms with E-state index in [2.05, 4.69) is 25.9 Å². The molecule has 0 aliphatic carbocycles. The molecule has 0 spiro atoms. The summed E-state index contributed by atoms with van der Waals surface area (Å²) in [6, 6.07) is 0. The van der Waals surface area contributed by atoms with Crippen LogP contribution in [0.4, 0.5) is 8.78 Å². The zero-order valence-electron chi connectivity index (χ0n) is 7.55. The smallest absolute Gasteiger partial charge is 0.344 e. The first kappa shape index (κ1) is 11.5. The first-order valence-electron chi connectivity index (χ1n) is 3.64. The molecule has 0 aliphatic heterocycles. The number of imidazole rings is 1. The van der Waals surface area contributed by atoms with Crippen molar-refractivity contribution in [3.8, 4) is 0 Å². The molecule has 0 aromatic carbocycles. The highest BCUT2D eigenvalue weighted by Gasteiger charge is 2.56. The molecule has 1 aromatic rings. The van der Waals surface area contributed by atoms with Gasteiger partial charge in [0.05, 0.1) is 12.5 Å². The van der Waals surface area contributed by atoms with E-state index in [-0.39, 0.29) is 5.69 Å². The van der Waals surface area contributed by atoms with Gasteiger partial charge in [-0.3, -0.25) is 0 Å². The fourth-order valence-electron chi connectivity index (χ4n) is 1.12. The molecular weight excluding hydrogens is 262 g/mol. The Morgan fingerprint density at radius 3 is 2.29 bits per heavy atom. The van der Waals surface area contributed by atoms with Crippen LogP contribution in [-0.4, -0.2) is 29.0 Å². The Balaban J connectivity index is 3.17. The van der Waals surface area contributed by atoms with Gasteiger partial charge in [-0.2, -0.15) is 8.78 Å². The maximum absolute atomic E-state index is 13.2. The zero-order valence-corrected chi connectivity index (χ0v) is 9.14. The number of H-pyrrole nitrogens is 1. The number of aromatic nitrogens is 2. The summed E-state index contributed by atoms with van der Waals surface area (Å²) >= 11 is 2.21. The normalized spacial score (nSPS) is 13.2. The van der Waals surface area contributed by atoms with Crippen molar-refractivity contribution in [2.75, 3.05) is 14.2 Å². The molecular formula is C7H9BrF2N2O2. The number of methoxy groups -OCH3 is 2. The van der Waals surface area contributed by atoms with Gasteiger partial charge < -0.3 is 14.5 Å². The molecule has 0 saturated carbocycles. The third-order valence-corrected chi connectivity index (χ3v) is 2.32. The number of nitrogens with zero attached hydrogens (tertiary/aromatic N) is 1. The van der Waals surface area contributed by atoms with Crippen LogP contribution in [0, 0.1) is 0 Å². The Kier molecular flexibility index (Phi) is 3.23. The summed E-state index contributed by atoms with van der Waals surface area (Å²) in [6.45, 7) is 0. The first-order valence-corrected chi connectivity index (χ1v) is 4.43. The van der Waals surface area contributed by atoms with Crippen LogP contribution in [0.15, 0.2) is 12.5 Å². The molecule has 0 saturated heterocycles. The third-order valence-electron chi connectivity index (χ3n) is 1.80. The SMILES string of the molecule is COC(OC)(c1cnc[nH]1)C(F)(F)Br. The summed E-state index contributed by atoms with van der Waals surface area (Å²) in [6.07, 6.45) is 2.48. The molecule has 0 atom stereocenters. The number of hydrogen-bond acceptors (Lipinski definition) is 3. The second kappa shape index (κ2) is 3.92. The monoisotopic (exact) mass is 270 g/mol. The lowest BCUT2D eigenvalue weighted by Crippen LogP contribution is -2.45. The van der Waals surface area contributed by atoms with Gasteiger partial charge in [0.25, 0.3) is 5.79 Å². The van der Waals surface area contributed by atoms with Gasteiger partial charge in [0.15, 0.2) is 0 Å². The number of rotatable bonds is 4. The fraction of sp³-hybridized carbons (Fsp3) is 0.571. The van der Waals surface area contributed by atoms with E-state index < -0.39 is 10.6 Å². The first-order chi connectivity index (χ1) is 6.48. The maximum atomic E-state index is 13.2. The topological polar surface area (TPSA) is 47.1 Å². The Bertz CT molecular complexity index is 282. The van der Waals surface area contributed by atoms with Crippen LogP contribution in [0.3, 0.4) is 0 Å². The van der Waals surface area contributed by atoms with Crippen LogP contribution in [0.1, 0.15) is 5.69 Å². The van der Waals surface area contributed by atoms with Crippen molar-refractivity contribution in [3.63, 3.8) is 0 Å². The third kappa shape index (κ3) is 1.67. The van der Waals surface area contributed by atoms with E-state index in [9.17, 15) is 8.78 Å². The number of nitrogens with one attached hydrogen (secondary N) is 1. The van der Waals surface area contributed by atoms with E-state index in [0.29, 0.717) is 0 Å². The van der Waals surface area contributed by atoms with Gasteiger partial charge >= 0.3 is 4.83 Å². The van der Waals surface area contributed by atoms with E-state index in [1.54, 1.807) is 0 Å². The van der Waals surface area contributed by atoms with E-state index in [1.807, 2.05) is 0 Å². The molecule has 7 heteroatoms. The van der Waals surface area contributed by atoms with Crippen molar-refractivity contribution in [2.45, 2.75) is 10.6 Å². The molecule has 0 unspecified atom stereocenters. The summed E-state index contributed by atoms with van der Waals surface area (Å²) in [5.41, 5.74) is 0.0318. The summed E-state index contributed by atoms with van der Waals surface area (Å²) in [4.78, 5) is 2.78. The zero-order chi connectivity index (χ0) is 10.8. The van der Waals surface area contributed by atoms with Gasteiger partial charge in [-0.1, -0.05) is 0 Å². The fourth-order valence-corrected chi connectivity index (χ4v) is 1.66. The Labute approximate surface area is 87.7 Å². The maximum Gasteiger partial charge on any atom is 0.360 e. The van der Waals surface area contributed by atoms with E-state index >= 15 is 0 Å². The highest BCUT2D eigenvalue weighted by atomic mass is 79.9. The predicted molar refractivity (Wildman–Crippen MR) is 48.2 cm³/mol. The summed E-state index contributed by atoms with van der Waals surface area (Å²) in [5.74, 6) is -2.19. The van der Waals surface area contributed by atoms with Gasteiger partial charge in [-0.05, 0) is 15.9 Å². The molecule has 0 amide bonds. The second-order valence-corrected chi connectivity index (χ2v) is 3.48. The molecule has 1 aromatic heterocycles. The van der Waals surface area contributed by atoms with Gasteiger partial charge in [0.1, 0.15) is 5.69 Å². The number of alkyl halides is 3. The summed E-state index contributed by atoms with van der Waals surface area (Å²) in [5, 5.41) is 0. The van der Waals surface area contributed by atoms with Crippen molar-refractivity contribution in [1.82, 2.24) is 9.97 Å². The van der Waals surface area contributed by atoms with E-state index in [4.69, 9.17) is 9.47 Å². The number of halogens is 3. The molecule has 0 fully saturated rings. The molecule has 1 heterocycles. The molecule has 1 rings (SSSR count). The van der Waals surface area contributed by atoms with Crippen LogP contribution in [-0.2, 0) is 15.3 Å². The van der Waals surface area contributed by atoms with Gasteiger partial charge in [0, 0.05) is 14.2 Å². The summed E-state index contributed by atoms with van der Waals surface area (Å²) < 4.78 is 35.9. The minimum absolute atomic E-state index is 0.0318. The quantitative estimate of drug-likeness (QED) is 0.671. The van der Waals surface area contributed by atoms with Gasteiger partial charge in [-0.25, -0.2) is 4.98 Å². The van der Waals surface area contributed by atoms with Gasteiger partial charge in [0.2, 0.25) is 0 Å². The summed E-state index contributed by atoms with van der Waals surface area (Å²) in [7, 11) is 2.25. The van der Waals surface area contributed by atoms with Crippen LogP contribution >= 0.6 is 15.9 Å². The largest absolute Gasteiger partial charge is 0.360 e. The molecule has 80 valence electrons. The standard InChI is InChI=1S/C7H9BrF2N2O2/c1-13-6(14-2,7(8,9)10)5-3-11-4-12-5/h3-4H,1-2H3,(H,11,12). The minimum atomic E-state index is -3.37. The van der Waals surface area contributed by atoms with Crippen LogP contribution in [0.25, 0.3) is 0 Å². The van der Waals surface area contributed by atoms with Gasteiger partial charge in [-0.15, -0.1) is 0 Å². The van der Waals surface area contributed by atoms with Crippen LogP contribution in [0.5, 0.6) is 0 Å². The number of hydrogen-bond donors (Lipinski definition) is 1. The lowest BCUT2D eigenvalue weighted by Gasteiger charge is -2.32. The molecule has 0 bridgehead atoms. The minimum Gasteiger partial charge on any atom is -0.344 e. The van der Waals surface area contributed by atoms with E-state index in [0.717, 1.165) is 14.2 Å². The van der Waals surface area contributed by atoms with Crippen molar-refractivity contribution < 1.29 is 18.3 Å². The molecule has 0 aliphatic rings. The van der Waals surface area contributed by atoms with Crippen LogP contribution < -0.4 is 0 Å². The highest BCUT2D eigenvalue weighted by molar-refractivity contribution is 9.10. The lowest BCUT2D eigenvalue weighted by molar-refractivity contribution is -0.294. The van der Waals surface area contributed by atoms with Crippen LogP contribution in [0.2, 0.25) is 0 Å². The average molecular weight is 271 g/mol. The lowest BCUT2D eigenvalue weighted by atomic mass is 10.2.